The predicted octanol–water partition coefficient (Wildman–Crippen LogP) is 7.68. The second kappa shape index (κ2) is 9.15. The van der Waals surface area contributed by atoms with Crippen LogP contribution in [0.15, 0.2) is 36.8 Å². The maximum atomic E-state index is 12.5. The van der Waals surface area contributed by atoms with Crippen LogP contribution in [0.3, 0.4) is 0 Å². The van der Waals surface area contributed by atoms with Crippen molar-refractivity contribution in [2.24, 2.45) is 0 Å². The van der Waals surface area contributed by atoms with Crippen LogP contribution in [-0.2, 0) is 4.74 Å². The zero-order valence-corrected chi connectivity index (χ0v) is 22.7. The summed E-state index contributed by atoms with van der Waals surface area (Å²) in [5.41, 5.74) is 7.31. The zero-order valence-electron chi connectivity index (χ0n) is 22.0. The highest BCUT2D eigenvalue weighted by Gasteiger charge is 2.28. The Morgan fingerprint density at radius 2 is 1.94 bits per heavy atom. The van der Waals surface area contributed by atoms with Gasteiger partial charge in [0.1, 0.15) is 5.60 Å². The number of aromatic nitrogens is 3. The van der Waals surface area contributed by atoms with E-state index in [1.165, 1.54) is 16.5 Å². The molecule has 190 valence electrons. The second-order valence-corrected chi connectivity index (χ2v) is 11.6. The lowest BCUT2D eigenvalue weighted by atomic mass is 9.87. The van der Waals surface area contributed by atoms with E-state index in [0.29, 0.717) is 16.9 Å². The number of imidazole rings is 1. The molecule has 1 fully saturated rings. The third-order valence-electron chi connectivity index (χ3n) is 7.19. The van der Waals surface area contributed by atoms with Crippen molar-refractivity contribution in [2.75, 3.05) is 13.1 Å². The summed E-state index contributed by atoms with van der Waals surface area (Å²) in [5.74, 6) is 0.750. The van der Waals surface area contributed by atoms with Gasteiger partial charge in [-0.05, 0) is 81.2 Å². The number of likely N-dealkylation sites (tertiary alicyclic amines) is 1. The van der Waals surface area contributed by atoms with Crippen molar-refractivity contribution in [3.8, 4) is 11.3 Å². The fraction of sp³-hybridized carbons (Fsp3) is 0.448. The highest BCUT2D eigenvalue weighted by Crippen LogP contribution is 2.40. The van der Waals surface area contributed by atoms with Crippen LogP contribution >= 0.6 is 11.6 Å². The number of carbonyl (C=O) groups excluding carboxylic acids is 1. The smallest absolute Gasteiger partial charge is 0.410 e. The van der Waals surface area contributed by atoms with Crippen LogP contribution < -0.4 is 0 Å². The van der Waals surface area contributed by atoms with E-state index < -0.39 is 5.60 Å². The highest BCUT2D eigenvalue weighted by molar-refractivity contribution is 6.34. The summed E-state index contributed by atoms with van der Waals surface area (Å²) >= 11 is 6.72. The molecule has 1 aliphatic rings. The summed E-state index contributed by atoms with van der Waals surface area (Å²) in [6.45, 7) is 13.7. The summed E-state index contributed by atoms with van der Waals surface area (Å²) in [6, 6.07) is 6.79. The number of hydrogen-bond acceptors (Lipinski definition) is 3. The number of ether oxygens (including phenoxy) is 1. The summed E-state index contributed by atoms with van der Waals surface area (Å²) in [7, 11) is 0. The first kappa shape index (κ1) is 24.7. The van der Waals surface area contributed by atoms with Crippen molar-refractivity contribution in [1.82, 2.24) is 19.3 Å². The van der Waals surface area contributed by atoms with E-state index >= 15 is 0 Å². The summed E-state index contributed by atoms with van der Waals surface area (Å²) < 4.78 is 7.56. The van der Waals surface area contributed by atoms with Gasteiger partial charge in [-0.1, -0.05) is 31.5 Å². The lowest BCUT2D eigenvalue weighted by Gasteiger charge is -2.33. The molecule has 1 aliphatic heterocycles. The molecule has 1 aromatic carbocycles. The molecule has 5 rings (SSSR count). The molecule has 6 nitrogen and oxygen atoms in total. The number of hydrogen-bond donors (Lipinski definition) is 1. The molecule has 1 amide bonds. The first-order valence-corrected chi connectivity index (χ1v) is 13.2. The number of nitrogens with zero attached hydrogens (tertiary/aromatic N) is 3. The summed E-state index contributed by atoms with van der Waals surface area (Å²) in [5, 5.41) is 1.94. The van der Waals surface area contributed by atoms with Gasteiger partial charge in [0.2, 0.25) is 0 Å². The third-order valence-corrected chi connectivity index (χ3v) is 7.65. The lowest BCUT2D eigenvalue weighted by Crippen LogP contribution is -2.41. The number of H-pyrrole nitrogens is 1. The van der Waals surface area contributed by atoms with Gasteiger partial charge >= 0.3 is 6.09 Å². The molecule has 0 radical (unpaired) electrons. The number of amides is 1. The topological polar surface area (TPSA) is 62.6 Å². The molecular formula is C29H35ClN4O2. The van der Waals surface area contributed by atoms with Gasteiger partial charge < -0.3 is 19.0 Å². The molecule has 0 aliphatic carbocycles. The van der Waals surface area contributed by atoms with Crippen LogP contribution in [0.25, 0.3) is 27.8 Å². The Morgan fingerprint density at radius 3 is 2.61 bits per heavy atom. The van der Waals surface area contributed by atoms with Gasteiger partial charge in [-0.25, -0.2) is 9.78 Å². The van der Waals surface area contributed by atoms with Crippen LogP contribution in [0.1, 0.15) is 76.0 Å². The first-order valence-electron chi connectivity index (χ1n) is 12.8. The lowest BCUT2D eigenvalue weighted by molar-refractivity contribution is 0.0205. The quantitative estimate of drug-likeness (QED) is 0.310. The van der Waals surface area contributed by atoms with Crippen LogP contribution in [0.4, 0.5) is 4.79 Å². The minimum absolute atomic E-state index is 0.210. The van der Waals surface area contributed by atoms with Crippen molar-refractivity contribution in [3.05, 3.63) is 58.5 Å². The van der Waals surface area contributed by atoms with E-state index in [4.69, 9.17) is 16.3 Å². The number of benzene rings is 1. The molecule has 3 aromatic heterocycles. The van der Waals surface area contributed by atoms with E-state index in [1.54, 1.807) is 6.20 Å². The fourth-order valence-electron chi connectivity index (χ4n) is 5.38. The average molecular weight is 507 g/mol. The Hall–Kier alpha value is -2.99. The van der Waals surface area contributed by atoms with Crippen molar-refractivity contribution < 1.29 is 9.53 Å². The van der Waals surface area contributed by atoms with Crippen LogP contribution in [0, 0.1) is 6.92 Å². The number of piperidine rings is 1. The number of rotatable bonds is 3. The number of nitrogens with one attached hydrogen (secondary N) is 1. The van der Waals surface area contributed by atoms with E-state index in [1.807, 2.05) is 36.3 Å². The molecule has 1 N–H and O–H groups in total. The number of carbonyl (C=O) groups is 1. The Kier molecular flexibility index (Phi) is 6.27. The standard InChI is InChI=1S/C29H35ClN4O2/c1-17(2)24-21-15-20(19-9-12-33(13-10-19)28(35)36-29(4,5)6)7-8-23(21)32-26(24)22-16-34-14-11-31-27(34)25(30)18(22)3/h7-8,11,14-17,19,32H,9-10,12-13H2,1-6H3. The normalized spacial score (nSPS) is 15.4. The zero-order chi connectivity index (χ0) is 25.8. The van der Waals surface area contributed by atoms with Gasteiger partial charge in [0.05, 0.1) is 10.7 Å². The number of pyridine rings is 1. The van der Waals surface area contributed by atoms with Gasteiger partial charge in [0.15, 0.2) is 5.65 Å². The predicted molar refractivity (Wildman–Crippen MR) is 146 cm³/mol. The molecule has 4 aromatic rings. The van der Waals surface area contributed by atoms with Crippen molar-refractivity contribution in [1.29, 1.82) is 0 Å². The maximum Gasteiger partial charge on any atom is 0.410 e. The van der Waals surface area contributed by atoms with E-state index in [-0.39, 0.29) is 6.09 Å². The fourth-order valence-corrected chi connectivity index (χ4v) is 5.63. The maximum absolute atomic E-state index is 12.5. The van der Waals surface area contributed by atoms with E-state index in [2.05, 4.69) is 55.1 Å². The van der Waals surface area contributed by atoms with Gasteiger partial charge in [-0.2, -0.15) is 0 Å². The van der Waals surface area contributed by atoms with Gasteiger partial charge in [-0.15, -0.1) is 0 Å². The number of halogens is 1. The Balaban J connectivity index is 1.47. The van der Waals surface area contributed by atoms with Crippen molar-refractivity contribution in [3.63, 3.8) is 0 Å². The summed E-state index contributed by atoms with van der Waals surface area (Å²) in [6.07, 6.45) is 7.49. The van der Waals surface area contributed by atoms with Crippen LogP contribution in [0.2, 0.25) is 5.02 Å². The van der Waals surface area contributed by atoms with Crippen LogP contribution in [0.5, 0.6) is 0 Å². The second-order valence-electron chi connectivity index (χ2n) is 11.3. The van der Waals surface area contributed by atoms with Gasteiger partial charge in [-0.3, -0.25) is 0 Å². The molecule has 7 heteroatoms. The largest absolute Gasteiger partial charge is 0.444 e. The Morgan fingerprint density at radius 1 is 1.22 bits per heavy atom. The summed E-state index contributed by atoms with van der Waals surface area (Å²) in [4.78, 5) is 22.4. The molecule has 4 heterocycles. The molecule has 0 atom stereocenters. The SMILES string of the molecule is Cc1c(-c2[nH]c3ccc(C4CCN(C(=O)OC(C)(C)C)CC4)cc3c2C(C)C)cn2ccnc2c1Cl. The van der Waals surface area contributed by atoms with Crippen molar-refractivity contribution >= 4 is 34.2 Å². The number of fused-ring (bicyclic) bond motifs is 2. The van der Waals surface area contributed by atoms with Crippen LogP contribution in [-0.4, -0.2) is 44.1 Å². The Bertz CT molecular complexity index is 1440. The van der Waals surface area contributed by atoms with Gasteiger partial charge in [0, 0.05) is 48.1 Å². The van der Waals surface area contributed by atoms with Crippen molar-refractivity contribution in [2.45, 2.75) is 71.8 Å². The number of aromatic amines is 1. The molecule has 0 saturated carbocycles. The molecule has 0 spiro atoms. The monoisotopic (exact) mass is 506 g/mol. The minimum Gasteiger partial charge on any atom is -0.444 e. The molecule has 0 unspecified atom stereocenters. The highest BCUT2D eigenvalue weighted by atomic mass is 35.5. The molecule has 0 bridgehead atoms. The molecule has 1 saturated heterocycles. The molecular weight excluding hydrogens is 472 g/mol. The van der Waals surface area contributed by atoms with E-state index in [0.717, 1.165) is 53.9 Å². The first-order chi connectivity index (χ1) is 17.0. The van der Waals surface area contributed by atoms with E-state index in [9.17, 15) is 4.79 Å². The molecule has 36 heavy (non-hydrogen) atoms. The minimum atomic E-state index is -0.469. The third kappa shape index (κ3) is 4.47. The average Bonchev–Trinajstić information content (AvgIpc) is 3.44. The Labute approximate surface area is 217 Å². The van der Waals surface area contributed by atoms with Gasteiger partial charge in [0.25, 0.3) is 0 Å².